The average molecular weight is 393 g/mol. The Morgan fingerprint density at radius 2 is 1.93 bits per heavy atom. The molecule has 0 radical (unpaired) electrons. The molecule has 4 rings (SSSR count). The fraction of sp³-hybridized carbons (Fsp3) is 0.318. The molecule has 3 aromatic rings. The quantitative estimate of drug-likeness (QED) is 0.448. The lowest BCUT2D eigenvalue weighted by Gasteiger charge is -2.19. The lowest BCUT2D eigenvalue weighted by atomic mass is 9.89. The minimum Gasteiger partial charge on any atom is -0.489 e. The topological polar surface area (TPSA) is 55.2 Å². The lowest BCUT2D eigenvalue weighted by molar-refractivity contribution is 0.306. The smallest absolute Gasteiger partial charge is 0.216 e. The number of nitrogens with one attached hydrogen (secondary N) is 1. The van der Waals surface area contributed by atoms with Crippen molar-refractivity contribution in [2.45, 2.75) is 44.6 Å². The molecule has 0 saturated heterocycles. The third-order valence-electron chi connectivity index (χ3n) is 5.07. The van der Waals surface area contributed by atoms with Crippen LogP contribution in [0.15, 0.2) is 59.7 Å². The van der Waals surface area contributed by atoms with E-state index in [4.69, 9.17) is 17.0 Å². The van der Waals surface area contributed by atoms with Crippen LogP contribution in [0.1, 0.15) is 55.0 Å². The van der Waals surface area contributed by atoms with E-state index in [0.29, 0.717) is 17.3 Å². The maximum absolute atomic E-state index is 5.90. The highest BCUT2D eigenvalue weighted by atomic mass is 32.1. The second-order valence-electron chi connectivity index (χ2n) is 7.13. The Kier molecular flexibility index (Phi) is 5.97. The zero-order valence-electron chi connectivity index (χ0n) is 15.8. The molecule has 1 aromatic heterocycles. The largest absolute Gasteiger partial charge is 0.489 e. The molecule has 6 heteroatoms. The molecule has 1 aliphatic carbocycles. The van der Waals surface area contributed by atoms with Crippen LogP contribution in [-0.2, 0) is 6.61 Å². The number of H-pyrrole nitrogens is 1. The minimum absolute atomic E-state index is 0.430. The predicted molar refractivity (Wildman–Crippen MR) is 113 cm³/mol. The van der Waals surface area contributed by atoms with Crippen LogP contribution in [0, 0.1) is 4.77 Å². The molecule has 1 heterocycles. The summed E-state index contributed by atoms with van der Waals surface area (Å²) in [7, 11) is 0. The first-order valence-electron chi connectivity index (χ1n) is 9.78. The first-order chi connectivity index (χ1) is 13.8. The molecule has 1 N–H and O–H groups in total. The van der Waals surface area contributed by atoms with Gasteiger partial charge in [-0.2, -0.15) is 14.9 Å². The second kappa shape index (κ2) is 8.97. The number of hydrogen-bond acceptors (Lipinski definition) is 4. The molecular formula is C22H24N4OS. The van der Waals surface area contributed by atoms with Gasteiger partial charge in [0.05, 0.1) is 6.21 Å². The highest BCUT2D eigenvalue weighted by Crippen LogP contribution is 2.31. The molecule has 1 fully saturated rings. The summed E-state index contributed by atoms with van der Waals surface area (Å²) in [6.07, 6.45) is 7.91. The van der Waals surface area contributed by atoms with Gasteiger partial charge < -0.3 is 4.74 Å². The number of hydrogen-bond donors (Lipinski definition) is 1. The van der Waals surface area contributed by atoms with E-state index in [2.05, 4.69) is 27.4 Å². The van der Waals surface area contributed by atoms with Crippen LogP contribution in [0.3, 0.4) is 0 Å². The van der Waals surface area contributed by atoms with E-state index >= 15 is 0 Å². The third-order valence-corrected chi connectivity index (χ3v) is 5.34. The molecule has 2 aromatic carbocycles. The van der Waals surface area contributed by atoms with E-state index in [0.717, 1.165) is 35.5 Å². The summed E-state index contributed by atoms with van der Waals surface area (Å²) in [5.41, 5.74) is 2.10. The zero-order chi connectivity index (χ0) is 19.2. The van der Waals surface area contributed by atoms with Crippen molar-refractivity contribution in [3.63, 3.8) is 0 Å². The number of rotatable bonds is 6. The minimum atomic E-state index is 0.430. The monoisotopic (exact) mass is 392 g/mol. The number of aromatic nitrogens is 3. The van der Waals surface area contributed by atoms with Gasteiger partial charge in [0.2, 0.25) is 4.77 Å². The molecule has 0 spiro atoms. The predicted octanol–water partition coefficient (Wildman–Crippen LogP) is 5.45. The van der Waals surface area contributed by atoms with Crippen LogP contribution in [-0.4, -0.2) is 21.1 Å². The van der Waals surface area contributed by atoms with Crippen LogP contribution >= 0.6 is 12.2 Å². The summed E-state index contributed by atoms with van der Waals surface area (Å²) in [5, 5.41) is 11.9. The number of ether oxygens (including phenoxy) is 1. The molecule has 1 aliphatic rings. The van der Waals surface area contributed by atoms with Gasteiger partial charge in [0.1, 0.15) is 12.4 Å². The Morgan fingerprint density at radius 1 is 1.11 bits per heavy atom. The van der Waals surface area contributed by atoms with Gasteiger partial charge in [0.15, 0.2) is 5.82 Å². The van der Waals surface area contributed by atoms with Gasteiger partial charge in [0.25, 0.3) is 0 Å². The van der Waals surface area contributed by atoms with Gasteiger partial charge in [-0.1, -0.05) is 61.7 Å². The average Bonchev–Trinajstić information content (AvgIpc) is 3.13. The molecule has 5 nitrogen and oxygen atoms in total. The number of nitrogens with zero attached hydrogens (tertiary/aromatic N) is 3. The Balaban J connectivity index is 1.48. The van der Waals surface area contributed by atoms with E-state index in [9.17, 15) is 0 Å². The van der Waals surface area contributed by atoms with Gasteiger partial charge in [-0.25, -0.2) is 0 Å². The summed E-state index contributed by atoms with van der Waals surface area (Å²) in [4.78, 5) is 0. The zero-order valence-corrected chi connectivity index (χ0v) is 16.6. The maximum atomic E-state index is 5.90. The lowest BCUT2D eigenvalue weighted by Crippen LogP contribution is -2.10. The molecule has 0 aliphatic heterocycles. The van der Waals surface area contributed by atoms with Crippen molar-refractivity contribution >= 4 is 18.4 Å². The molecule has 0 amide bonds. The first kappa shape index (κ1) is 18.6. The van der Waals surface area contributed by atoms with Gasteiger partial charge in [-0.3, -0.25) is 5.10 Å². The number of aromatic amines is 1. The first-order valence-corrected chi connectivity index (χ1v) is 10.2. The van der Waals surface area contributed by atoms with E-state index in [1.165, 1.54) is 19.3 Å². The van der Waals surface area contributed by atoms with E-state index in [-0.39, 0.29) is 0 Å². The normalized spacial score (nSPS) is 15.1. The molecule has 28 heavy (non-hydrogen) atoms. The Bertz CT molecular complexity index is 987. The van der Waals surface area contributed by atoms with Crippen LogP contribution in [0.25, 0.3) is 0 Å². The molecule has 0 atom stereocenters. The second-order valence-corrected chi connectivity index (χ2v) is 7.51. The molecule has 0 unspecified atom stereocenters. The summed E-state index contributed by atoms with van der Waals surface area (Å²) in [6.45, 7) is 0.542. The Labute approximate surface area is 170 Å². The number of benzene rings is 2. The SMILES string of the molecule is S=c1[nH]nc(C2CCCCC2)n1N=Cc1cccc(OCc2ccccc2)c1. The van der Waals surface area contributed by atoms with Crippen molar-refractivity contribution in [2.75, 3.05) is 0 Å². The van der Waals surface area contributed by atoms with Gasteiger partial charge in [-0.15, -0.1) is 0 Å². The van der Waals surface area contributed by atoms with Crippen molar-refractivity contribution in [3.8, 4) is 5.75 Å². The molecule has 0 bridgehead atoms. The van der Waals surface area contributed by atoms with E-state index < -0.39 is 0 Å². The van der Waals surface area contributed by atoms with Crippen LogP contribution in [0.4, 0.5) is 0 Å². The molecule has 144 valence electrons. The van der Waals surface area contributed by atoms with Crippen LogP contribution in [0.5, 0.6) is 5.75 Å². The van der Waals surface area contributed by atoms with Crippen molar-refractivity contribution in [1.29, 1.82) is 0 Å². The summed E-state index contributed by atoms with van der Waals surface area (Å²) < 4.78 is 8.21. The highest BCUT2D eigenvalue weighted by molar-refractivity contribution is 7.71. The van der Waals surface area contributed by atoms with E-state index in [1.807, 2.05) is 48.7 Å². The van der Waals surface area contributed by atoms with Crippen molar-refractivity contribution in [2.24, 2.45) is 5.10 Å². The van der Waals surface area contributed by atoms with Crippen LogP contribution < -0.4 is 4.74 Å². The van der Waals surface area contributed by atoms with Gasteiger partial charge in [-0.05, 0) is 48.3 Å². The molecule has 1 saturated carbocycles. The summed E-state index contributed by atoms with van der Waals surface area (Å²) in [5.74, 6) is 2.19. The van der Waals surface area contributed by atoms with Crippen molar-refractivity contribution in [1.82, 2.24) is 14.9 Å². The molecular weight excluding hydrogens is 368 g/mol. The van der Waals surface area contributed by atoms with Crippen molar-refractivity contribution < 1.29 is 4.74 Å². The highest BCUT2D eigenvalue weighted by Gasteiger charge is 2.21. The Hall–Kier alpha value is -2.73. The van der Waals surface area contributed by atoms with Crippen LogP contribution in [0.2, 0.25) is 0 Å². The van der Waals surface area contributed by atoms with E-state index in [1.54, 1.807) is 4.68 Å². The fourth-order valence-electron chi connectivity index (χ4n) is 3.59. The third kappa shape index (κ3) is 4.57. The fourth-order valence-corrected chi connectivity index (χ4v) is 3.78. The summed E-state index contributed by atoms with van der Waals surface area (Å²) >= 11 is 5.39. The van der Waals surface area contributed by atoms with Crippen molar-refractivity contribution in [3.05, 3.63) is 76.3 Å². The standard InChI is InChI=1S/C22H24N4OS/c28-22-25-24-21(19-11-5-2-6-12-19)26(22)23-15-18-10-7-13-20(14-18)27-16-17-8-3-1-4-9-17/h1,3-4,7-10,13-15,19H,2,5-6,11-12,16H2,(H,25,28). The maximum Gasteiger partial charge on any atom is 0.216 e. The summed E-state index contributed by atoms with van der Waals surface area (Å²) in [6, 6.07) is 18.1. The van der Waals surface area contributed by atoms with Gasteiger partial charge in [0, 0.05) is 5.92 Å². The Morgan fingerprint density at radius 3 is 2.75 bits per heavy atom. The van der Waals surface area contributed by atoms with Gasteiger partial charge >= 0.3 is 0 Å².